The SMILES string of the molecule is CN(C)CCN(C(=O)c1sccc1Br)C1CCCC1. The Balaban J connectivity index is 2.11. The summed E-state index contributed by atoms with van der Waals surface area (Å²) in [6, 6.07) is 2.39. The average Bonchev–Trinajstić information content (AvgIpc) is 3.00. The van der Waals surface area contributed by atoms with Crippen molar-refractivity contribution in [1.29, 1.82) is 0 Å². The van der Waals surface area contributed by atoms with Crippen LogP contribution in [0.15, 0.2) is 15.9 Å². The van der Waals surface area contributed by atoms with E-state index in [0.717, 1.165) is 35.3 Å². The van der Waals surface area contributed by atoms with Gasteiger partial charge in [0.05, 0.1) is 0 Å². The first-order valence-electron chi connectivity index (χ1n) is 6.78. The summed E-state index contributed by atoms with van der Waals surface area (Å²) in [6.07, 6.45) is 4.81. The molecule has 1 amide bonds. The number of thiophene rings is 1. The van der Waals surface area contributed by atoms with Crippen molar-refractivity contribution in [3.63, 3.8) is 0 Å². The van der Waals surface area contributed by atoms with Crippen LogP contribution in [-0.4, -0.2) is 48.9 Å². The van der Waals surface area contributed by atoms with Crippen LogP contribution in [0.5, 0.6) is 0 Å². The molecule has 3 nitrogen and oxygen atoms in total. The van der Waals surface area contributed by atoms with Gasteiger partial charge in [-0.25, -0.2) is 0 Å². The molecule has 2 rings (SSSR count). The minimum Gasteiger partial charge on any atom is -0.334 e. The monoisotopic (exact) mass is 344 g/mol. The summed E-state index contributed by atoms with van der Waals surface area (Å²) in [5.74, 6) is 0.190. The topological polar surface area (TPSA) is 23.6 Å². The van der Waals surface area contributed by atoms with Crippen LogP contribution in [0.4, 0.5) is 0 Å². The summed E-state index contributed by atoms with van der Waals surface area (Å²) in [4.78, 5) is 17.8. The molecule has 1 fully saturated rings. The molecule has 0 aromatic carbocycles. The molecular formula is C14H21BrN2OS. The van der Waals surface area contributed by atoms with E-state index in [9.17, 15) is 4.79 Å². The zero-order valence-electron chi connectivity index (χ0n) is 11.6. The lowest BCUT2D eigenvalue weighted by Gasteiger charge is -2.30. The van der Waals surface area contributed by atoms with Crippen LogP contribution in [0, 0.1) is 0 Å². The van der Waals surface area contributed by atoms with E-state index in [0.29, 0.717) is 6.04 Å². The molecule has 0 bridgehead atoms. The number of carbonyl (C=O) groups is 1. The quantitative estimate of drug-likeness (QED) is 0.816. The molecule has 0 radical (unpaired) electrons. The maximum atomic E-state index is 12.7. The van der Waals surface area contributed by atoms with Crippen molar-refractivity contribution in [2.24, 2.45) is 0 Å². The molecule has 0 saturated heterocycles. The molecule has 0 unspecified atom stereocenters. The van der Waals surface area contributed by atoms with Crippen LogP contribution in [0.2, 0.25) is 0 Å². The molecule has 1 aliphatic rings. The van der Waals surface area contributed by atoms with Crippen molar-refractivity contribution >= 4 is 33.2 Å². The Morgan fingerprint density at radius 3 is 2.58 bits per heavy atom. The summed E-state index contributed by atoms with van der Waals surface area (Å²) in [5, 5.41) is 1.97. The summed E-state index contributed by atoms with van der Waals surface area (Å²) < 4.78 is 0.926. The summed E-state index contributed by atoms with van der Waals surface area (Å²) >= 11 is 5.00. The summed E-state index contributed by atoms with van der Waals surface area (Å²) in [6.45, 7) is 1.74. The van der Waals surface area contributed by atoms with E-state index in [1.54, 1.807) is 0 Å². The number of rotatable bonds is 5. The molecule has 1 aromatic heterocycles. The molecule has 1 heterocycles. The first kappa shape index (κ1) is 15.0. The zero-order chi connectivity index (χ0) is 13.8. The fourth-order valence-electron chi connectivity index (χ4n) is 2.55. The molecule has 0 atom stereocenters. The van der Waals surface area contributed by atoms with Gasteiger partial charge < -0.3 is 9.80 Å². The molecule has 19 heavy (non-hydrogen) atoms. The molecule has 0 N–H and O–H groups in total. The fourth-order valence-corrected chi connectivity index (χ4v) is 4.05. The highest BCUT2D eigenvalue weighted by molar-refractivity contribution is 9.10. The van der Waals surface area contributed by atoms with Crippen LogP contribution in [0.25, 0.3) is 0 Å². The summed E-state index contributed by atoms with van der Waals surface area (Å²) in [5.41, 5.74) is 0. The van der Waals surface area contributed by atoms with Crippen LogP contribution in [-0.2, 0) is 0 Å². The Bertz CT molecular complexity index is 427. The Morgan fingerprint density at radius 1 is 1.37 bits per heavy atom. The van der Waals surface area contributed by atoms with Crippen molar-refractivity contribution < 1.29 is 4.79 Å². The third kappa shape index (κ3) is 3.80. The lowest BCUT2D eigenvalue weighted by Crippen LogP contribution is -2.42. The van der Waals surface area contributed by atoms with Crippen LogP contribution in [0.1, 0.15) is 35.4 Å². The Hall–Kier alpha value is -0.390. The second-order valence-electron chi connectivity index (χ2n) is 5.34. The third-order valence-corrected chi connectivity index (χ3v) is 5.45. The van der Waals surface area contributed by atoms with Gasteiger partial charge in [0.2, 0.25) is 0 Å². The number of hydrogen-bond acceptors (Lipinski definition) is 3. The van der Waals surface area contributed by atoms with Crippen LogP contribution in [0.3, 0.4) is 0 Å². The number of nitrogens with zero attached hydrogens (tertiary/aromatic N) is 2. The van der Waals surface area contributed by atoms with Gasteiger partial charge in [-0.1, -0.05) is 12.8 Å². The Labute approximate surface area is 127 Å². The molecule has 1 aromatic rings. The third-order valence-electron chi connectivity index (χ3n) is 3.63. The number of amides is 1. The molecule has 0 aliphatic heterocycles. The highest BCUT2D eigenvalue weighted by Gasteiger charge is 2.28. The predicted octanol–water partition coefficient (Wildman–Crippen LogP) is 3.46. The van der Waals surface area contributed by atoms with E-state index < -0.39 is 0 Å². The first-order chi connectivity index (χ1) is 9.09. The highest BCUT2D eigenvalue weighted by atomic mass is 79.9. The van der Waals surface area contributed by atoms with Crippen LogP contribution >= 0.6 is 27.3 Å². The van der Waals surface area contributed by atoms with Gasteiger partial charge in [-0.3, -0.25) is 4.79 Å². The van der Waals surface area contributed by atoms with Crippen molar-refractivity contribution in [2.45, 2.75) is 31.7 Å². The number of carbonyl (C=O) groups excluding carboxylic acids is 1. The molecule has 0 spiro atoms. The van der Waals surface area contributed by atoms with Gasteiger partial charge in [-0.05, 0) is 54.3 Å². The van der Waals surface area contributed by atoms with E-state index in [4.69, 9.17) is 0 Å². The van der Waals surface area contributed by atoms with Crippen molar-refractivity contribution in [1.82, 2.24) is 9.80 Å². The van der Waals surface area contributed by atoms with E-state index in [-0.39, 0.29) is 5.91 Å². The maximum absolute atomic E-state index is 12.7. The molecule has 106 valence electrons. The smallest absolute Gasteiger partial charge is 0.265 e. The minimum atomic E-state index is 0.190. The second kappa shape index (κ2) is 6.86. The standard InChI is InChI=1S/C14H21BrN2OS/c1-16(2)8-9-17(11-5-3-4-6-11)14(18)13-12(15)7-10-19-13/h7,10-11H,3-6,8-9H2,1-2H3. The van der Waals surface area contributed by atoms with Crippen molar-refractivity contribution in [2.75, 3.05) is 27.2 Å². The van der Waals surface area contributed by atoms with Crippen molar-refractivity contribution in [3.8, 4) is 0 Å². The fraction of sp³-hybridized carbons (Fsp3) is 0.643. The van der Waals surface area contributed by atoms with E-state index in [1.165, 1.54) is 24.2 Å². The van der Waals surface area contributed by atoms with Crippen molar-refractivity contribution in [3.05, 3.63) is 20.8 Å². The number of hydrogen-bond donors (Lipinski definition) is 0. The lowest BCUT2D eigenvalue weighted by atomic mass is 10.2. The maximum Gasteiger partial charge on any atom is 0.265 e. The molecule has 5 heteroatoms. The Kier molecular flexibility index (Phi) is 5.42. The average molecular weight is 345 g/mol. The predicted molar refractivity (Wildman–Crippen MR) is 83.9 cm³/mol. The van der Waals surface area contributed by atoms with Gasteiger partial charge in [-0.2, -0.15) is 0 Å². The minimum absolute atomic E-state index is 0.190. The summed E-state index contributed by atoms with van der Waals surface area (Å²) in [7, 11) is 4.11. The largest absolute Gasteiger partial charge is 0.334 e. The van der Waals surface area contributed by atoms with Gasteiger partial charge in [0.15, 0.2) is 0 Å². The second-order valence-corrected chi connectivity index (χ2v) is 7.11. The lowest BCUT2D eigenvalue weighted by molar-refractivity contribution is 0.0672. The zero-order valence-corrected chi connectivity index (χ0v) is 14.0. The van der Waals surface area contributed by atoms with Gasteiger partial charge in [0.1, 0.15) is 4.88 Å². The molecular weight excluding hydrogens is 324 g/mol. The number of likely N-dealkylation sites (N-methyl/N-ethyl adjacent to an activating group) is 1. The molecule has 1 saturated carbocycles. The normalized spacial score (nSPS) is 16.2. The Morgan fingerprint density at radius 2 is 2.05 bits per heavy atom. The van der Waals surface area contributed by atoms with E-state index in [1.807, 2.05) is 11.4 Å². The van der Waals surface area contributed by atoms with Gasteiger partial charge >= 0.3 is 0 Å². The van der Waals surface area contributed by atoms with Gasteiger partial charge in [0.25, 0.3) is 5.91 Å². The number of halogens is 1. The van der Waals surface area contributed by atoms with E-state index in [2.05, 4.69) is 39.8 Å². The highest BCUT2D eigenvalue weighted by Crippen LogP contribution is 2.29. The van der Waals surface area contributed by atoms with Gasteiger partial charge in [-0.15, -0.1) is 11.3 Å². The first-order valence-corrected chi connectivity index (χ1v) is 8.45. The van der Waals surface area contributed by atoms with Crippen LogP contribution < -0.4 is 0 Å². The van der Waals surface area contributed by atoms with E-state index >= 15 is 0 Å². The van der Waals surface area contributed by atoms with Gasteiger partial charge in [0, 0.05) is 23.6 Å². The molecule has 1 aliphatic carbocycles.